The zero-order valence-corrected chi connectivity index (χ0v) is 55.5. The minimum Gasteiger partial charge on any atom is -0.309 e. The molecular formula is C97H61N5. The third-order valence-corrected chi connectivity index (χ3v) is 21.0. The van der Waals surface area contributed by atoms with Gasteiger partial charge in [0, 0.05) is 71.2 Å². The summed E-state index contributed by atoms with van der Waals surface area (Å²) in [7, 11) is 0. The average Bonchev–Trinajstić information content (AvgIpc) is 1.41. The molecule has 16 aromatic carbocycles. The van der Waals surface area contributed by atoms with Gasteiger partial charge >= 0.3 is 0 Å². The minimum absolute atomic E-state index is 0.539. The van der Waals surface area contributed by atoms with Crippen LogP contribution in [0, 0.1) is 11.3 Å². The summed E-state index contributed by atoms with van der Waals surface area (Å²) in [4.78, 5) is 0. The summed E-state index contributed by atoms with van der Waals surface area (Å²) < 4.78 is 9.82. The van der Waals surface area contributed by atoms with Gasteiger partial charge in [0.25, 0.3) is 0 Å². The molecule has 4 aromatic heterocycles. The number of fused-ring (bicyclic) bond motifs is 12. The molecule has 20 rings (SSSR count). The Hall–Kier alpha value is -13.8. The van der Waals surface area contributed by atoms with Crippen LogP contribution < -0.4 is 0 Å². The van der Waals surface area contributed by atoms with E-state index in [4.69, 9.17) is 0 Å². The molecular weight excluding hydrogens is 1240 g/mol. The third kappa shape index (κ3) is 9.24. The van der Waals surface area contributed by atoms with Crippen LogP contribution in [-0.2, 0) is 0 Å². The van der Waals surface area contributed by atoms with E-state index >= 15 is 0 Å². The summed E-state index contributed by atoms with van der Waals surface area (Å²) >= 11 is 0. The molecule has 4 heterocycles. The van der Waals surface area contributed by atoms with Gasteiger partial charge in [0.1, 0.15) is 6.07 Å². The molecule has 5 heteroatoms. The molecule has 0 atom stereocenters. The molecule has 0 aliphatic heterocycles. The van der Waals surface area contributed by atoms with Gasteiger partial charge in [0.2, 0.25) is 0 Å². The highest BCUT2D eigenvalue weighted by Crippen LogP contribution is 2.54. The number of aromatic nitrogens is 4. The highest BCUT2D eigenvalue weighted by Gasteiger charge is 2.34. The van der Waals surface area contributed by atoms with Crippen molar-refractivity contribution in [1.82, 2.24) is 18.3 Å². The summed E-state index contributed by atoms with van der Waals surface area (Å²) in [6.07, 6.45) is 0. The number of benzene rings is 16. The van der Waals surface area contributed by atoms with Gasteiger partial charge < -0.3 is 18.3 Å². The lowest BCUT2D eigenvalue weighted by Crippen LogP contribution is -2.11. The fourth-order valence-corrected chi connectivity index (χ4v) is 16.5. The van der Waals surface area contributed by atoms with Gasteiger partial charge in [-0.25, -0.2) is 0 Å². The molecule has 20 aromatic rings. The Balaban J connectivity index is 1.03. The molecule has 0 aliphatic rings. The van der Waals surface area contributed by atoms with Crippen LogP contribution in [0.15, 0.2) is 370 Å². The van der Waals surface area contributed by atoms with Gasteiger partial charge in [0.05, 0.1) is 61.1 Å². The lowest BCUT2D eigenvalue weighted by molar-refractivity contribution is 1.13. The number of hydrogen-bond donors (Lipinski definition) is 0. The fraction of sp³-hybridized carbons (Fsp3) is 0. The van der Waals surface area contributed by atoms with E-state index in [1.807, 2.05) is 0 Å². The topological polar surface area (TPSA) is 43.5 Å². The van der Waals surface area contributed by atoms with Gasteiger partial charge in [-0.1, -0.05) is 273 Å². The summed E-state index contributed by atoms with van der Waals surface area (Å²) in [5, 5.41) is 22.3. The first-order valence-electron chi connectivity index (χ1n) is 34.9. The standard InChI is InChI=1S/C97H61N5/c98-62-84-93(72-44-50-78-76-40-22-24-42-85(76)99(91(78)60-72)74-36-18-6-19-37-74)96(101-87-52-46-68(63-26-8-1-9-27-63)56-80(87)81-57-69(47-53-88(81)101)64-28-10-2-11-29-64)95(67-34-16-5-17-35-67)97(94(84)73-45-51-79-77-41-23-25-43-86(77)100(92(79)61-73)75-38-20-7-21-39-75)102-89-54-48-70(65-30-12-3-13-31-65)58-82(89)83-59-71(49-55-90(83)102)66-32-14-4-15-33-66/h1-61H. The molecule has 0 fully saturated rings. The second kappa shape index (κ2) is 23.7. The zero-order chi connectivity index (χ0) is 67.4. The molecule has 5 nitrogen and oxygen atoms in total. The number of nitrogens with zero attached hydrogens (tertiary/aromatic N) is 5. The van der Waals surface area contributed by atoms with E-state index in [2.05, 4.69) is 394 Å². The molecule has 0 radical (unpaired) electrons. The van der Waals surface area contributed by atoms with E-state index in [9.17, 15) is 5.26 Å². The van der Waals surface area contributed by atoms with E-state index < -0.39 is 0 Å². The molecule has 0 aliphatic carbocycles. The summed E-state index contributed by atoms with van der Waals surface area (Å²) in [5.74, 6) is 0. The largest absolute Gasteiger partial charge is 0.309 e. The number of rotatable bonds is 11. The highest BCUT2D eigenvalue weighted by molar-refractivity contribution is 6.19. The number of para-hydroxylation sites is 4. The molecule has 102 heavy (non-hydrogen) atoms. The highest BCUT2D eigenvalue weighted by atomic mass is 15.0. The van der Waals surface area contributed by atoms with E-state index in [-0.39, 0.29) is 0 Å². The molecule has 0 spiro atoms. The Morgan fingerprint density at radius 2 is 0.441 bits per heavy atom. The van der Waals surface area contributed by atoms with Crippen molar-refractivity contribution in [3.05, 3.63) is 376 Å². The van der Waals surface area contributed by atoms with Crippen molar-refractivity contribution in [2.75, 3.05) is 0 Å². The first-order valence-corrected chi connectivity index (χ1v) is 34.9. The first kappa shape index (κ1) is 58.4. The van der Waals surface area contributed by atoms with Crippen LogP contribution in [0.4, 0.5) is 0 Å². The molecule has 0 saturated carbocycles. The van der Waals surface area contributed by atoms with E-state index in [0.717, 1.165) is 188 Å². The van der Waals surface area contributed by atoms with Gasteiger partial charge in [-0.3, -0.25) is 0 Å². The maximum Gasteiger partial charge on any atom is 0.101 e. The monoisotopic (exact) mass is 1300 g/mol. The molecule has 0 unspecified atom stereocenters. The van der Waals surface area contributed by atoms with Gasteiger partial charge in [-0.05, 0) is 158 Å². The van der Waals surface area contributed by atoms with Crippen LogP contribution in [0.2, 0.25) is 0 Å². The molecule has 0 N–H and O–H groups in total. The van der Waals surface area contributed by atoms with Gasteiger partial charge in [0.15, 0.2) is 0 Å². The van der Waals surface area contributed by atoms with Crippen LogP contribution in [0.5, 0.6) is 0 Å². The van der Waals surface area contributed by atoms with Crippen LogP contribution in [-0.4, -0.2) is 18.3 Å². The fourth-order valence-electron chi connectivity index (χ4n) is 16.5. The number of hydrogen-bond acceptors (Lipinski definition) is 1. The molecule has 0 saturated heterocycles. The summed E-state index contributed by atoms with van der Waals surface area (Å²) in [6, 6.07) is 138. The maximum absolute atomic E-state index is 13.4. The lowest BCUT2D eigenvalue weighted by Gasteiger charge is -2.28. The van der Waals surface area contributed by atoms with Crippen LogP contribution in [0.1, 0.15) is 5.56 Å². The van der Waals surface area contributed by atoms with Crippen LogP contribution in [0.3, 0.4) is 0 Å². The summed E-state index contributed by atoms with van der Waals surface area (Å²) in [5.41, 5.74) is 27.0. The van der Waals surface area contributed by atoms with Crippen LogP contribution >= 0.6 is 0 Å². The van der Waals surface area contributed by atoms with Crippen molar-refractivity contribution in [2.45, 2.75) is 0 Å². The number of nitriles is 1. The Labute approximate surface area is 589 Å². The van der Waals surface area contributed by atoms with E-state index in [1.54, 1.807) is 0 Å². The minimum atomic E-state index is 0.539. The SMILES string of the molecule is N#Cc1c(-c2ccc3c4ccccc4n(-c4ccccc4)c3c2)c(-n2c3ccc(-c4ccccc4)cc3c3cc(-c4ccccc4)ccc32)c(-c2ccccc2)c(-n2c3ccc(-c4ccccc4)cc3c3cc(-c4ccccc4)ccc32)c1-c1ccc2c3ccccc3n(-c3ccccc3)c2c1. The molecule has 474 valence electrons. The Morgan fingerprint density at radius 3 is 0.765 bits per heavy atom. The normalized spacial score (nSPS) is 11.7. The van der Waals surface area contributed by atoms with Crippen molar-refractivity contribution in [3.63, 3.8) is 0 Å². The maximum atomic E-state index is 13.4. The quantitative estimate of drug-likeness (QED) is 0.127. The predicted octanol–water partition coefficient (Wildman–Crippen LogP) is 25.6. The summed E-state index contributed by atoms with van der Waals surface area (Å²) in [6.45, 7) is 0. The van der Waals surface area contributed by atoms with E-state index in [1.165, 1.54) is 0 Å². The Kier molecular flexibility index (Phi) is 13.6. The predicted molar refractivity (Wildman–Crippen MR) is 427 cm³/mol. The molecule has 0 amide bonds. The van der Waals surface area contributed by atoms with Gasteiger partial charge in [-0.15, -0.1) is 0 Å². The van der Waals surface area contributed by atoms with E-state index in [0.29, 0.717) is 5.56 Å². The van der Waals surface area contributed by atoms with Gasteiger partial charge in [-0.2, -0.15) is 5.26 Å². The average molecular weight is 1300 g/mol. The second-order valence-electron chi connectivity index (χ2n) is 26.6. The Bertz CT molecular complexity index is 6180. The first-order chi connectivity index (χ1) is 50.6. The van der Waals surface area contributed by atoms with Crippen molar-refractivity contribution >= 4 is 87.2 Å². The molecule has 0 bridgehead atoms. The smallest absolute Gasteiger partial charge is 0.101 e. The Morgan fingerprint density at radius 1 is 0.176 bits per heavy atom. The van der Waals surface area contributed by atoms with Crippen molar-refractivity contribution in [3.8, 4) is 107 Å². The van der Waals surface area contributed by atoms with Crippen molar-refractivity contribution < 1.29 is 0 Å². The zero-order valence-electron chi connectivity index (χ0n) is 55.5. The lowest BCUT2D eigenvalue weighted by atomic mass is 9.83. The third-order valence-electron chi connectivity index (χ3n) is 21.0. The second-order valence-corrected chi connectivity index (χ2v) is 26.6. The van der Waals surface area contributed by atoms with Crippen molar-refractivity contribution in [2.24, 2.45) is 0 Å². The van der Waals surface area contributed by atoms with Crippen molar-refractivity contribution in [1.29, 1.82) is 5.26 Å². The van der Waals surface area contributed by atoms with Crippen LogP contribution in [0.25, 0.3) is 188 Å².